The molecule has 1 aromatic carbocycles. The van der Waals surface area contributed by atoms with E-state index < -0.39 is 0 Å². The number of nitrogens with one attached hydrogen (secondary N) is 1. The molecular formula is C15H13N3OS. The zero-order valence-electron chi connectivity index (χ0n) is 10.9. The molecule has 4 nitrogen and oxygen atoms in total. The third-order valence-electron chi connectivity index (χ3n) is 2.64. The lowest BCUT2D eigenvalue weighted by molar-refractivity contribution is -0.115. The molecule has 1 unspecified atom stereocenters. The van der Waals surface area contributed by atoms with Crippen LogP contribution in [0.3, 0.4) is 0 Å². The summed E-state index contributed by atoms with van der Waals surface area (Å²) in [5, 5.41) is 11.5. The van der Waals surface area contributed by atoms with E-state index in [1.807, 2.05) is 19.1 Å². The van der Waals surface area contributed by atoms with Gasteiger partial charge in [0, 0.05) is 17.3 Å². The van der Waals surface area contributed by atoms with Crippen LogP contribution in [-0.4, -0.2) is 16.1 Å². The van der Waals surface area contributed by atoms with E-state index in [0.717, 1.165) is 4.90 Å². The fraction of sp³-hybridized carbons (Fsp3) is 0.133. The van der Waals surface area contributed by atoms with Crippen molar-refractivity contribution in [1.82, 2.24) is 4.98 Å². The second-order valence-corrected chi connectivity index (χ2v) is 5.50. The number of nitrogens with zero attached hydrogens (tertiary/aromatic N) is 2. The van der Waals surface area contributed by atoms with E-state index in [0.29, 0.717) is 11.3 Å². The molecule has 5 heteroatoms. The Labute approximate surface area is 121 Å². The molecule has 1 atom stereocenters. The maximum atomic E-state index is 12.1. The van der Waals surface area contributed by atoms with Gasteiger partial charge < -0.3 is 5.32 Å². The van der Waals surface area contributed by atoms with Crippen LogP contribution in [0.25, 0.3) is 0 Å². The first-order valence-electron chi connectivity index (χ1n) is 6.07. The van der Waals surface area contributed by atoms with Crippen LogP contribution in [-0.2, 0) is 4.79 Å². The Morgan fingerprint density at radius 1 is 1.30 bits per heavy atom. The van der Waals surface area contributed by atoms with E-state index in [1.165, 1.54) is 11.8 Å². The lowest BCUT2D eigenvalue weighted by atomic mass is 10.2. The molecule has 1 amide bonds. The molecular weight excluding hydrogens is 270 g/mol. The lowest BCUT2D eigenvalue weighted by Crippen LogP contribution is -2.22. The largest absolute Gasteiger partial charge is 0.324 e. The molecule has 2 rings (SSSR count). The SMILES string of the molecule is CC(Sc1ccncc1)C(=O)Nc1ccccc1C#N. The van der Waals surface area contributed by atoms with Gasteiger partial charge in [-0.05, 0) is 31.2 Å². The van der Waals surface area contributed by atoms with Crippen molar-refractivity contribution in [3.05, 3.63) is 54.4 Å². The fourth-order valence-corrected chi connectivity index (χ4v) is 2.45. The van der Waals surface area contributed by atoms with Crippen LogP contribution in [0.2, 0.25) is 0 Å². The van der Waals surface area contributed by atoms with Gasteiger partial charge in [0.15, 0.2) is 0 Å². The summed E-state index contributed by atoms with van der Waals surface area (Å²) in [5.41, 5.74) is 1.00. The molecule has 1 heterocycles. The minimum Gasteiger partial charge on any atom is -0.324 e. The Hall–Kier alpha value is -2.32. The third kappa shape index (κ3) is 3.59. The molecule has 0 aliphatic carbocycles. The summed E-state index contributed by atoms with van der Waals surface area (Å²) in [5.74, 6) is -0.130. The number of para-hydroxylation sites is 1. The highest BCUT2D eigenvalue weighted by molar-refractivity contribution is 8.00. The highest BCUT2D eigenvalue weighted by atomic mass is 32.2. The van der Waals surface area contributed by atoms with Crippen molar-refractivity contribution in [2.45, 2.75) is 17.1 Å². The summed E-state index contributed by atoms with van der Waals surface area (Å²) < 4.78 is 0. The predicted octanol–water partition coefficient (Wildman–Crippen LogP) is 3.07. The molecule has 0 saturated carbocycles. The maximum Gasteiger partial charge on any atom is 0.237 e. The predicted molar refractivity (Wildman–Crippen MR) is 79.3 cm³/mol. The van der Waals surface area contributed by atoms with Crippen molar-refractivity contribution in [2.24, 2.45) is 0 Å². The van der Waals surface area contributed by atoms with Gasteiger partial charge in [-0.15, -0.1) is 11.8 Å². The minimum atomic E-state index is -0.260. The number of rotatable bonds is 4. The number of hydrogen-bond donors (Lipinski definition) is 1. The molecule has 0 fully saturated rings. The number of pyridine rings is 1. The number of carbonyl (C=O) groups is 1. The average Bonchev–Trinajstić information content (AvgIpc) is 2.48. The number of benzene rings is 1. The van der Waals surface area contributed by atoms with Crippen molar-refractivity contribution in [2.75, 3.05) is 5.32 Å². The number of anilines is 1. The van der Waals surface area contributed by atoms with Gasteiger partial charge >= 0.3 is 0 Å². The number of hydrogen-bond acceptors (Lipinski definition) is 4. The molecule has 1 aromatic heterocycles. The average molecular weight is 283 g/mol. The molecule has 0 spiro atoms. The second-order valence-electron chi connectivity index (χ2n) is 4.09. The van der Waals surface area contributed by atoms with E-state index >= 15 is 0 Å². The maximum absolute atomic E-state index is 12.1. The summed E-state index contributed by atoms with van der Waals surface area (Å²) in [7, 11) is 0. The quantitative estimate of drug-likeness (QED) is 0.876. The molecule has 0 saturated heterocycles. The van der Waals surface area contributed by atoms with Crippen molar-refractivity contribution in [1.29, 1.82) is 5.26 Å². The van der Waals surface area contributed by atoms with Crippen LogP contribution >= 0.6 is 11.8 Å². The Morgan fingerprint density at radius 3 is 2.70 bits per heavy atom. The van der Waals surface area contributed by atoms with Crippen LogP contribution in [0, 0.1) is 11.3 Å². The number of amides is 1. The number of nitriles is 1. The molecule has 0 radical (unpaired) electrons. The smallest absolute Gasteiger partial charge is 0.237 e. The van der Waals surface area contributed by atoms with Gasteiger partial charge in [0.05, 0.1) is 16.5 Å². The van der Waals surface area contributed by atoms with Gasteiger partial charge in [-0.3, -0.25) is 9.78 Å². The van der Waals surface area contributed by atoms with E-state index in [4.69, 9.17) is 5.26 Å². The fourth-order valence-electron chi connectivity index (χ4n) is 1.60. The summed E-state index contributed by atoms with van der Waals surface area (Å²) in [6, 6.07) is 12.7. The lowest BCUT2D eigenvalue weighted by Gasteiger charge is -2.12. The molecule has 100 valence electrons. The summed E-state index contributed by atoms with van der Waals surface area (Å²) in [6.45, 7) is 1.83. The summed E-state index contributed by atoms with van der Waals surface area (Å²) >= 11 is 1.45. The molecule has 0 aliphatic rings. The number of thioether (sulfide) groups is 1. The Balaban J connectivity index is 2.03. The standard InChI is InChI=1S/C15H13N3OS/c1-11(20-13-6-8-17-9-7-13)15(19)18-14-5-3-2-4-12(14)10-16/h2-9,11H,1H3,(H,18,19). The van der Waals surface area contributed by atoms with E-state index in [9.17, 15) is 4.79 Å². The van der Waals surface area contributed by atoms with Crippen molar-refractivity contribution in [3.63, 3.8) is 0 Å². The van der Waals surface area contributed by atoms with Crippen LogP contribution < -0.4 is 5.32 Å². The van der Waals surface area contributed by atoms with E-state index in [1.54, 1.807) is 36.7 Å². The van der Waals surface area contributed by atoms with Crippen molar-refractivity contribution in [3.8, 4) is 6.07 Å². The molecule has 20 heavy (non-hydrogen) atoms. The second kappa shape index (κ2) is 6.73. The third-order valence-corrected chi connectivity index (χ3v) is 3.75. The van der Waals surface area contributed by atoms with E-state index in [-0.39, 0.29) is 11.2 Å². The van der Waals surface area contributed by atoms with Gasteiger partial charge in [0.2, 0.25) is 5.91 Å². The monoisotopic (exact) mass is 283 g/mol. The summed E-state index contributed by atoms with van der Waals surface area (Å²) in [4.78, 5) is 17.0. The van der Waals surface area contributed by atoms with Gasteiger partial charge in [-0.25, -0.2) is 0 Å². The van der Waals surface area contributed by atoms with Gasteiger partial charge in [-0.2, -0.15) is 5.26 Å². The van der Waals surface area contributed by atoms with Crippen LogP contribution in [0.1, 0.15) is 12.5 Å². The number of aromatic nitrogens is 1. The van der Waals surface area contributed by atoms with Crippen LogP contribution in [0.5, 0.6) is 0 Å². The Bertz CT molecular complexity index is 637. The first-order valence-corrected chi connectivity index (χ1v) is 6.95. The highest BCUT2D eigenvalue weighted by Crippen LogP contribution is 2.23. The van der Waals surface area contributed by atoms with Crippen molar-refractivity contribution < 1.29 is 4.79 Å². The van der Waals surface area contributed by atoms with Gasteiger partial charge in [0.1, 0.15) is 6.07 Å². The van der Waals surface area contributed by atoms with Crippen molar-refractivity contribution >= 4 is 23.4 Å². The topological polar surface area (TPSA) is 65.8 Å². The van der Waals surface area contributed by atoms with Gasteiger partial charge in [-0.1, -0.05) is 12.1 Å². The molecule has 2 aromatic rings. The van der Waals surface area contributed by atoms with Crippen LogP contribution in [0.15, 0.2) is 53.7 Å². The summed E-state index contributed by atoms with van der Waals surface area (Å²) in [6.07, 6.45) is 3.38. The first-order chi connectivity index (χ1) is 9.70. The van der Waals surface area contributed by atoms with E-state index in [2.05, 4.69) is 16.4 Å². The molecule has 1 N–H and O–H groups in total. The molecule has 0 aliphatic heterocycles. The zero-order chi connectivity index (χ0) is 14.4. The number of carbonyl (C=O) groups excluding carboxylic acids is 1. The Morgan fingerprint density at radius 2 is 2.00 bits per heavy atom. The highest BCUT2D eigenvalue weighted by Gasteiger charge is 2.15. The molecule has 0 bridgehead atoms. The van der Waals surface area contributed by atoms with Gasteiger partial charge in [0.25, 0.3) is 0 Å². The minimum absolute atomic E-state index is 0.130. The Kier molecular flexibility index (Phi) is 4.75. The first kappa shape index (κ1) is 14.1. The zero-order valence-corrected chi connectivity index (χ0v) is 11.7. The normalized spacial score (nSPS) is 11.4. The van der Waals surface area contributed by atoms with Crippen LogP contribution in [0.4, 0.5) is 5.69 Å².